The van der Waals surface area contributed by atoms with E-state index in [1.807, 2.05) is 0 Å². The van der Waals surface area contributed by atoms with E-state index in [0.717, 1.165) is 6.42 Å². The Hall–Kier alpha value is -1.70. The first kappa shape index (κ1) is 17.7. The fraction of sp³-hybridized carbons (Fsp3) is 0.684. The standard InChI is InChI=1S/C19H24O7/c1-9(2)16(20)24-12-6-11-4-5-14-19(26-14,8-23-18(11)22)7-13-15(12)10(3)17(21)25-13/h6,9,12-15,18,22H,3-5,7-8H2,1-2H3/b11-6-/t12-,13-,14+,15+,18-,19-/m1/s1. The second-order valence-corrected chi connectivity index (χ2v) is 7.87. The van der Waals surface area contributed by atoms with E-state index in [-0.39, 0.29) is 30.2 Å². The average Bonchev–Trinajstić information content (AvgIpc) is 3.18. The Morgan fingerprint density at radius 3 is 2.96 bits per heavy atom. The highest BCUT2D eigenvalue weighted by atomic mass is 16.7. The van der Waals surface area contributed by atoms with Gasteiger partial charge in [0.05, 0.1) is 24.5 Å². The SMILES string of the molecule is C=C1C(=O)O[C@@H]2C[C@@]34CO[C@@H](O)/C(=C\[C@@H](OC(=O)C(C)C)[C@H]12)CC[C@@H]3O4. The molecule has 4 heterocycles. The third kappa shape index (κ3) is 2.88. The number of aliphatic hydroxyl groups is 1. The number of fused-ring (bicyclic) bond motifs is 4. The molecule has 5 rings (SSSR count). The highest BCUT2D eigenvalue weighted by Gasteiger charge is 2.61. The lowest BCUT2D eigenvalue weighted by molar-refractivity contribution is -0.154. The molecule has 0 saturated carbocycles. The highest BCUT2D eigenvalue weighted by molar-refractivity contribution is 5.91. The Kier molecular flexibility index (Phi) is 4.21. The molecule has 7 heteroatoms. The van der Waals surface area contributed by atoms with Crippen molar-refractivity contribution in [1.82, 2.24) is 0 Å². The van der Waals surface area contributed by atoms with Crippen molar-refractivity contribution in [3.8, 4) is 0 Å². The molecule has 1 aliphatic carbocycles. The van der Waals surface area contributed by atoms with E-state index in [2.05, 4.69) is 6.58 Å². The number of rotatable bonds is 2. The van der Waals surface area contributed by atoms with Crippen LogP contribution >= 0.6 is 0 Å². The molecule has 0 aromatic carbocycles. The molecule has 142 valence electrons. The summed E-state index contributed by atoms with van der Waals surface area (Å²) < 4.78 is 22.7. The van der Waals surface area contributed by atoms with Crippen molar-refractivity contribution in [2.45, 2.75) is 63.3 Å². The Bertz CT molecular complexity index is 681. The molecule has 5 aliphatic rings. The van der Waals surface area contributed by atoms with Gasteiger partial charge in [0.1, 0.15) is 17.8 Å². The molecule has 0 amide bonds. The van der Waals surface area contributed by atoms with E-state index in [4.69, 9.17) is 18.9 Å². The van der Waals surface area contributed by atoms with Gasteiger partial charge in [0.25, 0.3) is 0 Å². The molecule has 0 aromatic heterocycles. The molecule has 7 nitrogen and oxygen atoms in total. The van der Waals surface area contributed by atoms with Gasteiger partial charge in [-0.3, -0.25) is 4.79 Å². The summed E-state index contributed by atoms with van der Waals surface area (Å²) in [6.45, 7) is 7.59. The van der Waals surface area contributed by atoms with Crippen LogP contribution in [0.2, 0.25) is 0 Å². The van der Waals surface area contributed by atoms with Crippen LogP contribution in [0.5, 0.6) is 0 Å². The van der Waals surface area contributed by atoms with E-state index in [9.17, 15) is 14.7 Å². The molecular formula is C19H24O7. The van der Waals surface area contributed by atoms with Crippen LogP contribution in [0.25, 0.3) is 0 Å². The molecule has 0 radical (unpaired) electrons. The van der Waals surface area contributed by atoms with Crippen molar-refractivity contribution in [3.05, 3.63) is 23.8 Å². The molecular weight excluding hydrogens is 340 g/mol. The smallest absolute Gasteiger partial charge is 0.334 e. The monoisotopic (exact) mass is 364 g/mol. The summed E-state index contributed by atoms with van der Waals surface area (Å²) in [6, 6.07) is 0. The summed E-state index contributed by atoms with van der Waals surface area (Å²) in [7, 11) is 0. The van der Waals surface area contributed by atoms with Crippen molar-refractivity contribution < 1.29 is 33.6 Å². The second kappa shape index (κ2) is 6.18. The molecule has 1 N–H and O–H groups in total. The molecule has 0 aromatic rings. The fourth-order valence-corrected chi connectivity index (χ4v) is 4.11. The maximum atomic E-state index is 12.2. The van der Waals surface area contributed by atoms with E-state index < -0.39 is 36.0 Å². The van der Waals surface area contributed by atoms with Crippen molar-refractivity contribution in [2.75, 3.05) is 6.61 Å². The topological polar surface area (TPSA) is 94.6 Å². The zero-order chi connectivity index (χ0) is 18.6. The normalized spacial score (nSPS) is 43.7. The van der Waals surface area contributed by atoms with Gasteiger partial charge in [0, 0.05) is 12.0 Å². The summed E-state index contributed by atoms with van der Waals surface area (Å²) in [5.74, 6) is -1.67. The Balaban J connectivity index is 1.75. The maximum Gasteiger partial charge on any atom is 0.334 e. The summed E-state index contributed by atoms with van der Waals surface area (Å²) in [5.41, 5.74) is 0.351. The number of hydrogen-bond acceptors (Lipinski definition) is 7. The van der Waals surface area contributed by atoms with Crippen LogP contribution in [0.3, 0.4) is 0 Å². The maximum absolute atomic E-state index is 12.2. The van der Waals surface area contributed by atoms with Crippen LogP contribution in [-0.2, 0) is 28.5 Å². The van der Waals surface area contributed by atoms with Gasteiger partial charge in [0.2, 0.25) is 0 Å². The first-order valence-electron chi connectivity index (χ1n) is 9.09. The third-order valence-corrected chi connectivity index (χ3v) is 5.73. The van der Waals surface area contributed by atoms with Gasteiger partial charge in [0.15, 0.2) is 6.29 Å². The summed E-state index contributed by atoms with van der Waals surface area (Å²) in [4.78, 5) is 24.4. The van der Waals surface area contributed by atoms with Crippen LogP contribution in [-0.4, -0.2) is 53.9 Å². The molecule has 2 bridgehead atoms. The van der Waals surface area contributed by atoms with Gasteiger partial charge >= 0.3 is 11.9 Å². The lowest BCUT2D eigenvalue weighted by Crippen LogP contribution is -2.41. The Morgan fingerprint density at radius 2 is 2.23 bits per heavy atom. The fourth-order valence-electron chi connectivity index (χ4n) is 4.11. The minimum Gasteiger partial charge on any atom is -0.458 e. The zero-order valence-electron chi connectivity index (χ0n) is 15.0. The lowest BCUT2D eigenvalue weighted by Gasteiger charge is -2.32. The van der Waals surface area contributed by atoms with E-state index >= 15 is 0 Å². The number of carbonyl (C=O) groups excluding carboxylic acids is 2. The number of aliphatic hydroxyl groups excluding tert-OH is 1. The van der Waals surface area contributed by atoms with Crippen molar-refractivity contribution in [1.29, 1.82) is 0 Å². The van der Waals surface area contributed by atoms with Gasteiger partial charge in [-0.25, -0.2) is 4.79 Å². The van der Waals surface area contributed by atoms with E-state index in [1.165, 1.54) is 0 Å². The van der Waals surface area contributed by atoms with E-state index in [0.29, 0.717) is 18.4 Å². The van der Waals surface area contributed by atoms with Crippen molar-refractivity contribution >= 4 is 11.9 Å². The minimum atomic E-state index is -1.08. The molecule has 4 aliphatic heterocycles. The number of epoxide rings is 1. The first-order chi connectivity index (χ1) is 12.3. The Labute approximate surface area is 151 Å². The minimum absolute atomic E-state index is 0.0152. The molecule has 0 unspecified atom stereocenters. The summed E-state index contributed by atoms with van der Waals surface area (Å²) in [6.07, 6.45) is 1.13. The number of esters is 2. The van der Waals surface area contributed by atoms with Gasteiger partial charge in [-0.2, -0.15) is 0 Å². The summed E-state index contributed by atoms with van der Waals surface area (Å²) >= 11 is 0. The average molecular weight is 364 g/mol. The van der Waals surface area contributed by atoms with Crippen molar-refractivity contribution in [2.24, 2.45) is 11.8 Å². The molecule has 1 spiro atoms. The van der Waals surface area contributed by atoms with Gasteiger partial charge in [-0.15, -0.1) is 0 Å². The van der Waals surface area contributed by atoms with Crippen LogP contribution in [0.4, 0.5) is 0 Å². The zero-order valence-corrected chi connectivity index (χ0v) is 15.0. The third-order valence-electron chi connectivity index (χ3n) is 5.73. The predicted molar refractivity (Wildman–Crippen MR) is 88.7 cm³/mol. The largest absolute Gasteiger partial charge is 0.458 e. The van der Waals surface area contributed by atoms with Crippen molar-refractivity contribution in [3.63, 3.8) is 0 Å². The molecule has 26 heavy (non-hydrogen) atoms. The van der Waals surface area contributed by atoms with E-state index in [1.54, 1.807) is 19.9 Å². The molecule has 3 saturated heterocycles. The first-order valence-corrected chi connectivity index (χ1v) is 9.09. The highest BCUT2D eigenvalue weighted by Crippen LogP contribution is 2.50. The predicted octanol–water partition coefficient (Wildman–Crippen LogP) is 1.25. The van der Waals surface area contributed by atoms with Crippen LogP contribution in [0.1, 0.15) is 33.1 Å². The van der Waals surface area contributed by atoms with Gasteiger partial charge in [-0.05, 0) is 24.5 Å². The second-order valence-electron chi connectivity index (χ2n) is 7.87. The Morgan fingerprint density at radius 1 is 1.46 bits per heavy atom. The molecule has 6 atom stereocenters. The molecule has 3 fully saturated rings. The summed E-state index contributed by atoms with van der Waals surface area (Å²) in [5, 5.41) is 10.4. The van der Waals surface area contributed by atoms with Crippen LogP contribution < -0.4 is 0 Å². The lowest BCUT2D eigenvalue weighted by atomic mass is 9.81. The number of hydrogen-bond donors (Lipinski definition) is 1. The van der Waals surface area contributed by atoms with Gasteiger partial charge < -0.3 is 24.1 Å². The number of carbonyl (C=O) groups is 2. The van der Waals surface area contributed by atoms with Gasteiger partial charge in [-0.1, -0.05) is 20.4 Å². The quantitative estimate of drug-likeness (QED) is 0.341. The van der Waals surface area contributed by atoms with Crippen LogP contribution in [0.15, 0.2) is 23.8 Å². The number of ether oxygens (including phenoxy) is 4. The van der Waals surface area contributed by atoms with Crippen LogP contribution in [0, 0.1) is 11.8 Å².